The summed E-state index contributed by atoms with van der Waals surface area (Å²) in [4.78, 5) is 14.3. The summed E-state index contributed by atoms with van der Waals surface area (Å²) in [6.07, 6.45) is 4.36. The molecule has 1 rings (SSSR count). The van der Waals surface area contributed by atoms with Gasteiger partial charge in [-0.3, -0.25) is 4.79 Å². The molecule has 1 fully saturated rings. The summed E-state index contributed by atoms with van der Waals surface area (Å²) < 4.78 is 0. The van der Waals surface area contributed by atoms with Crippen LogP contribution >= 0.6 is 0 Å². The quantitative estimate of drug-likeness (QED) is 0.750. The Morgan fingerprint density at radius 2 is 2.11 bits per heavy atom. The Labute approximate surface area is 111 Å². The molecule has 4 heteroatoms. The zero-order chi connectivity index (χ0) is 13.5. The maximum atomic E-state index is 12.2. The van der Waals surface area contributed by atoms with Crippen molar-refractivity contribution in [1.29, 1.82) is 0 Å². The van der Waals surface area contributed by atoms with E-state index in [1.807, 2.05) is 0 Å². The van der Waals surface area contributed by atoms with Gasteiger partial charge in [0.2, 0.25) is 5.91 Å². The highest BCUT2D eigenvalue weighted by Crippen LogP contribution is 2.09. The molecule has 2 atom stereocenters. The lowest BCUT2D eigenvalue weighted by Gasteiger charge is -2.28. The zero-order valence-electron chi connectivity index (χ0n) is 12.3. The molecule has 2 N–H and O–H groups in total. The van der Waals surface area contributed by atoms with Crippen molar-refractivity contribution >= 4 is 5.91 Å². The highest BCUT2D eigenvalue weighted by Gasteiger charge is 2.23. The average Bonchev–Trinajstić information content (AvgIpc) is 2.28. The Morgan fingerprint density at radius 3 is 2.61 bits per heavy atom. The molecule has 0 radical (unpaired) electrons. The Kier molecular flexibility index (Phi) is 6.65. The van der Waals surface area contributed by atoms with Crippen LogP contribution in [0.3, 0.4) is 0 Å². The maximum Gasteiger partial charge on any atom is 0.237 e. The van der Waals surface area contributed by atoms with E-state index in [-0.39, 0.29) is 18.0 Å². The third-order valence-corrected chi connectivity index (χ3v) is 3.31. The number of carbonyl (C=O) groups is 1. The van der Waals surface area contributed by atoms with Crippen molar-refractivity contribution in [2.45, 2.75) is 51.6 Å². The number of amides is 1. The molecular formula is C14H29N3O. The first-order chi connectivity index (χ1) is 8.49. The van der Waals surface area contributed by atoms with Gasteiger partial charge in [-0.05, 0) is 45.8 Å². The largest absolute Gasteiger partial charge is 0.351 e. The van der Waals surface area contributed by atoms with E-state index in [0.29, 0.717) is 5.92 Å². The van der Waals surface area contributed by atoms with Crippen molar-refractivity contribution in [2.24, 2.45) is 5.92 Å². The molecule has 0 saturated carbocycles. The summed E-state index contributed by atoms with van der Waals surface area (Å²) in [6, 6.07) is 0.284. The van der Waals surface area contributed by atoms with Gasteiger partial charge in [-0.2, -0.15) is 0 Å². The van der Waals surface area contributed by atoms with Gasteiger partial charge in [0, 0.05) is 12.6 Å². The number of carbonyl (C=O) groups excluding carboxylic acids is 1. The molecule has 2 unspecified atom stereocenters. The fraction of sp³-hybridized carbons (Fsp3) is 0.929. The number of piperidine rings is 1. The third kappa shape index (κ3) is 5.83. The number of nitrogens with one attached hydrogen (secondary N) is 2. The van der Waals surface area contributed by atoms with Gasteiger partial charge < -0.3 is 15.5 Å². The summed E-state index contributed by atoms with van der Waals surface area (Å²) >= 11 is 0. The summed E-state index contributed by atoms with van der Waals surface area (Å²) in [6.45, 7) is 6.29. The fourth-order valence-corrected chi connectivity index (χ4v) is 2.57. The van der Waals surface area contributed by atoms with Crippen LogP contribution in [0, 0.1) is 5.92 Å². The van der Waals surface area contributed by atoms with Gasteiger partial charge in [-0.15, -0.1) is 0 Å². The Balaban J connectivity index is 2.44. The minimum absolute atomic E-state index is 0.0237. The van der Waals surface area contributed by atoms with Crippen molar-refractivity contribution < 1.29 is 4.79 Å². The van der Waals surface area contributed by atoms with E-state index in [9.17, 15) is 4.79 Å². The van der Waals surface area contributed by atoms with Crippen LogP contribution in [0.15, 0.2) is 0 Å². The SMILES string of the molecule is CC(C)CC(CN(C)C)NC(=O)C1CCCCN1. The lowest BCUT2D eigenvalue weighted by atomic mass is 10.0. The first kappa shape index (κ1) is 15.4. The minimum Gasteiger partial charge on any atom is -0.351 e. The summed E-state index contributed by atoms with van der Waals surface area (Å²) in [7, 11) is 4.11. The summed E-state index contributed by atoms with van der Waals surface area (Å²) in [5, 5.41) is 6.51. The highest BCUT2D eigenvalue weighted by molar-refractivity contribution is 5.82. The fourth-order valence-electron chi connectivity index (χ4n) is 2.57. The predicted octanol–water partition coefficient (Wildman–Crippen LogP) is 1.22. The minimum atomic E-state index is 0.0237. The first-order valence-corrected chi connectivity index (χ1v) is 7.17. The second kappa shape index (κ2) is 7.74. The van der Waals surface area contributed by atoms with Crippen molar-refractivity contribution in [1.82, 2.24) is 15.5 Å². The molecule has 0 spiro atoms. The standard InChI is InChI=1S/C14H29N3O/c1-11(2)9-12(10-17(3)4)16-14(18)13-7-5-6-8-15-13/h11-13,15H,5-10H2,1-4H3,(H,16,18). The molecule has 4 nitrogen and oxygen atoms in total. The van der Waals surface area contributed by atoms with Gasteiger partial charge >= 0.3 is 0 Å². The van der Waals surface area contributed by atoms with Crippen LogP contribution in [0.25, 0.3) is 0 Å². The maximum absolute atomic E-state index is 12.2. The number of rotatable bonds is 6. The van der Waals surface area contributed by atoms with Gasteiger partial charge in [-0.1, -0.05) is 20.3 Å². The Hall–Kier alpha value is -0.610. The van der Waals surface area contributed by atoms with Crippen molar-refractivity contribution in [3.05, 3.63) is 0 Å². The van der Waals surface area contributed by atoms with E-state index >= 15 is 0 Å². The molecule has 1 saturated heterocycles. The molecule has 1 aliphatic rings. The molecule has 18 heavy (non-hydrogen) atoms. The van der Waals surface area contributed by atoms with Gasteiger partial charge in [0.1, 0.15) is 0 Å². The zero-order valence-corrected chi connectivity index (χ0v) is 12.3. The molecule has 0 bridgehead atoms. The molecule has 1 aliphatic heterocycles. The lowest BCUT2D eigenvalue weighted by Crippen LogP contribution is -2.51. The van der Waals surface area contributed by atoms with Crippen LogP contribution in [0.5, 0.6) is 0 Å². The normalized spacial score (nSPS) is 22.2. The summed E-state index contributed by atoms with van der Waals surface area (Å²) in [5.74, 6) is 0.789. The summed E-state index contributed by atoms with van der Waals surface area (Å²) in [5.41, 5.74) is 0. The van der Waals surface area contributed by atoms with E-state index < -0.39 is 0 Å². The van der Waals surface area contributed by atoms with Crippen molar-refractivity contribution in [3.63, 3.8) is 0 Å². The third-order valence-electron chi connectivity index (χ3n) is 3.31. The van der Waals surface area contributed by atoms with E-state index in [1.54, 1.807) is 0 Å². The molecule has 0 aliphatic carbocycles. The molecule has 0 aromatic heterocycles. The van der Waals surface area contributed by atoms with Crippen LogP contribution in [-0.2, 0) is 4.79 Å². The highest BCUT2D eigenvalue weighted by atomic mass is 16.2. The lowest BCUT2D eigenvalue weighted by molar-refractivity contribution is -0.124. The number of nitrogens with zero attached hydrogens (tertiary/aromatic N) is 1. The van der Waals surface area contributed by atoms with Gasteiger partial charge in [-0.25, -0.2) is 0 Å². The monoisotopic (exact) mass is 255 g/mol. The predicted molar refractivity (Wildman–Crippen MR) is 75.6 cm³/mol. The van der Waals surface area contributed by atoms with E-state index in [4.69, 9.17) is 0 Å². The van der Waals surface area contributed by atoms with E-state index in [0.717, 1.165) is 32.4 Å². The van der Waals surface area contributed by atoms with Crippen LogP contribution in [-0.4, -0.2) is 50.1 Å². The second-order valence-corrected chi connectivity index (χ2v) is 6.10. The van der Waals surface area contributed by atoms with Gasteiger partial charge in [0.05, 0.1) is 6.04 Å². The number of likely N-dealkylation sites (N-methyl/N-ethyl adjacent to an activating group) is 1. The molecular weight excluding hydrogens is 226 g/mol. The van der Waals surface area contributed by atoms with E-state index in [2.05, 4.69) is 43.5 Å². The first-order valence-electron chi connectivity index (χ1n) is 7.17. The van der Waals surface area contributed by atoms with Gasteiger partial charge in [0.25, 0.3) is 0 Å². The van der Waals surface area contributed by atoms with Crippen molar-refractivity contribution in [3.8, 4) is 0 Å². The average molecular weight is 255 g/mol. The molecule has 0 aromatic rings. The van der Waals surface area contributed by atoms with Gasteiger partial charge in [0.15, 0.2) is 0 Å². The number of hydrogen-bond acceptors (Lipinski definition) is 3. The van der Waals surface area contributed by atoms with E-state index in [1.165, 1.54) is 6.42 Å². The molecule has 106 valence electrons. The smallest absolute Gasteiger partial charge is 0.237 e. The molecule has 1 heterocycles. The van der Waals surface area contributed by atoms with Crippen molar-refractivity contribution in [2.75, 3.05) is 27.2 Å². The molecule has 0 aromatic carbocycles. The molecule has 1 amide bonds. The Morgan fingerprint density at radius 1 is 1.39 bits per heavy atom. The second-order valence-electron chi connectivity index (χ2n) is 6.10. The van der Waals surface area contributed by atoms with Crippen LogP contribution in [0.4, 0.5) is 0 Å². The Bertz CT molecular complexity index is 237. The topological polar surface area (TPSA) is 44.4 Å². The van der Waals surface area contributed by atoms with Crippen LogP contribution in [0.1, 0.15) is 39.5 Å². The van der Waals surface area contributed by atoms with Crippen LogP contribution in [0.2, 0.25) is 0 Å². The number of hydrogen-bond donors (Lipinski definition) is 2. The van der Waals surface area contributed by atoms with Crippen LogP contribution < -0.4 is 10.6 Å².